The summed E-state index contributed by atoms with van der Waals surface area (Å²) in [6.07, 6.45) is 0.998. The lowest BCUT2D eigenvalue weighted by molar-refractivity contribution is 0.102. The minimum Gasteiger partial charge on any atom is -0.322 e. The molecule has 0 atom stereocenters. The SMILES string of the molecule is CCc1ccc(-n2nc3cc(C)c(NC(=O)c4cccc(I)c4)cc3n2)cc1. The Morgan fingerprint density at radius 1 is 1.04 bits per heavy atom. The van der Waals surface area contributed by atoms with E-state index in [1.54, 1.807) is 4.80 Å². The van der Waals surface area contributed by atoms with Crippen molar-refractivity contribution >= 4 is 45.2 Å². The van der Waals surface area contributed by atoms with Gasteiger partial charge in [-0.25, -0.2) is 0 Å². The van der Waals surface area contributed by atoms with Gasteiger partial charge in [0.05, 0.1) is 5.69 Å². The second-order valence-electron chi connectivity index (χ2n) is 6.63. The number of benzene rings is 3. The van der Waals surface area contributed by atoms with Gasteiger partial charge < -0.3 is 5.32 Å². The van der Waals surface area contributed by atoms with Crippen LogP contribution in [0.25, 0.3) is 16.7 Å². The van der Waals surface area contributed by atoms with E-state index in [-0.39, 0.29) is 5.91 Å². The highest BCUT2D eigenvalue weighted by molar-refractivity contribution is 14.1. The van der Waals surface area contributed by atoms with Crippen LogP contribution in [-0.4, -0.2) is 20.9 Å². The van der Waals surface area contributed by atoms with Gasteiger partial charge in [-0.15, -0.1) is 10.2 Å². The summed E-state index contributed by atoms with van der Waals surface area (Å²) in [4.78, 5) is 14.2. The van der Waals surface area contributed by atoms with Crippen molar-refractivity contribution in [2.45, 2.75) is 20.3 Å². The maximum absolute atomic E-state index is 12.6. The van der Waals surface area contributed by atoms with Gasteiger partial charge in [0.1, 0.15) is 11.0 Å². The van der Waals surface area contributed by atoms with Gasteiger partial charge in [-0.1, -0.05) is 25.1 Å². The van der Waals surface area contributed by atoms with Crippen molar-refractivity contribution in [3.8, 4) is 5.69 Å². The molecule has 28 heavy (non-hydrogen) atoms. The highest BCUT2D eigenvalue weighted by Gasteiger charge is 2.12. The highest BCUT2D eigenvalue weighted by atomic mass is 127. The first-order valence-electron chi connectivity index (χ1n) is 9.07. The van der Waals surface area contributed by atoms with E-state index < -0.39 is 0 Å². The molecule has 0 unspecified atom stereocenters. The van der Waals surface area contributed by atoms with Crippen LogP contribution < -0.4 is 5.32 Å². The fraction of sp³-hybridized carbons (Fsp3) is 0.136. The summed E-state index contributed by atoms with van der Waals surface area (Å²) in [5.74, 6) is -0.136. The number of aromatic nitrogens is 3. The first-order chi connectivity index (χ1) is 13.5. The van der Waals surface area contributed by atoms with Crippen molar-refractivity contribution in [2.75, 3.05) is 5.32 Å². The van der Waals surface area contributed by atoms with Crippen molar-refractivity contribution in [1.82, 2.24) is 15.0 Å². The summed E-state index contributed by atoms with van der Waals surface area (Å²) in [7, 11) is 0. The number of hydrogen-bond donors (Lipinski definition) is 1. The molecule has 4 rings (SSSR count). The van der Waals surface area contributed by atoms with Crippen molar-refractivity contribution in [3.63, 3.8) is 0 Å². The van der Waals surface area contributed by atoms with Crippen LogP contribution in [0.15, 0.2) is 60.7 Å². The molecule has 0 aliphatic rings. The molecule has 1 heterocycles. The quantitative estimate of drug-likeness (QED) is 0.410. The third-order valence-corrected chi connectivity index (χ3v) is 5.31. The van der Waals surface area contributed by atoms with E-state index in [0.29, 0.717) is 5.56 Å². The summed E-state index contributed by atoms with van der Waals surface area (Å²) in [5, 5.41) is 12.2. The number of carbonyl (C=O) groups is 1. The molecule has 5 nitrogen and oxygen atoms in total. The number of nitrogens with one attached hydrogen (secondary N) is 1. The Bertz CT molecular complexity index is 1170. The third-order valence-electron chi connectivity index (χ3n) is 4.64. The fourth-order valence-corrected chi connectivity index (χ4v) is 3.55. The fourth-order valence-electron chi connectivity index (χ4n) is 3.01. The Balaban J connectivity index is 1.65. The summed E-state index contributed by atoms with van der Waals surface area (Å²) >= 11 is 2.20. The summed E-state index contributed by atoms with van der Waals surface area (Å²) in [6, 6.07) is 19.5. The highest BCUT2D eigenvalue weighted by Crippen LogP contribution is 2.23. The van der Waals surface area contributed by atoms with Gasteiger partial charge in [0.2, 0.25) is 0 Å². The Kier molecular flexibility index (Phi) is 5.13. The maximum atomic E-state index is 12.6. The van der Waals surface area contributed by atoms with Crippen LogP contribution in [0.3, 0.4) is 0 Å². The summed E-state index contributed by atoms with van der Waals surface area (Å²) < 4.78 is 1.02. The zero-order chi connectivity index (χ0) is 19.7. The predicted molar refractivity (Wildman–Crippen MR) is 120 cm³/mol. The zero-order valence-electron chi connectivity index (χ0n) is 15.6. The van der Waals surface area contributed by atoms with Gasteiger partial charge in [-0.05, 0) is 89.5 Å². The molecule has 0 saturated heterocycles. The van der Waals surface area contributed by atoms with Gasteiger partial charge in [-0.3, -0.25) is 4.79 Å². The van der Waals surface area contributed by atoms with Crippen LogP contribution in [0.1, 0.15) is 28.4 Å². The van der Waals surface area contributed by atoms with Crippen molar-refractivity contribution in [1.29, 1.82) is 0 Å². The molecule has 0 aliphatic carbocycles. The Hall–Kier alpha value is -2.74. The molecule has 1 aromatic heterocycles. The Morgan fingerprint density at radius 3 is 2.43 bits per heavy atom. The van der Waals surface area contributed by atoms with E-state index in [9.17, 15) is 4.79 Å². The standard InChI is InChI=1S/C22H19IN4O/c1-3-15-7-9-18(10-8-15)27-25-20-11-14(2)19(13-21(20)26-27)24-22(28)16-5-4-6-17(23)12-16/h4-13H,3H2,1-2H3,(H,24,28). The molecule has 0 bridgehead atoms. The number of nitrogens with zero attached hydrogens (tertiary/aromatic N) is 3. The first kappa shape index (κ1) is 18.6. The number of rotatable bonds is 4. The zero-order valence-corrected chi connectivity index (χ0v) is 17.8. The lowest BCUT2D eigenvalue weighted by Gasteiger charge is -2.08. The van der Waals surface area contributed by atoms with Crippen molar-refractivity contribution in [3.05, 3.63) is 80.9 Å². The number of anilines is 1. The van der Waals surface area contributed by atoms with Crippen LogP contribution in [0.5, 0.6) is 0 Å². The Morgan fingerprint density at radius 2 is 1.75 bits per heavy atom. The molecule has 0 fully saturated rings. The molecule has 1 N–H and O–H groups in total. The number of aryl methyl sites for hydroxylation is 2. The van der Waals surface area contributed by atoms with Gasteiger partial charge in [0, 0.05) is 14.8 Å². The number of hydrogen-bond acceptors (Lipinski definition) is 3. The number of fused-ring (bicyclic) bond motifs is 1. The van der Waals surface area contributed by atoms with Crippen molar-refractivity contribution in [2.24, 2.45) is 0 Å². The lowest BCUT2D eigenvalue weighted by Crippen LogP contribution is -2.12. The second kappa shape index (κ2) is 7.71. The predicted octanol–water partition coefficient (Wildman–Crippen LogP) is 5.15. The second-order valence-corrected chi connectivity index (χ2v) is 7.88. The van der Waals surface area contributed by atoms with E-state index in [4.69, 9.17) is 0 Å². The monoisotopic (exact) mass is 482 g/mol. The van der Waals surface area contributed by atoms with Crippen LogP contribution in [0, 0.1) is 10.5 Å². The van der Waals surface area contributed by atoms with Gasteiger partial charge in [0.15, 0.2) is 0 Å². The molecule has 4 aromatic rings. The number of halogens is 1. The molecule has 3 aromatic carbocycles. The van der Waals surface area contributed by atoms with E-state index in [1.807, 2.05) is 55.5 Å². The normalized spacial score (nSPS) is 11.0. The lowest BCUT2D eigenvalue weighted by atomic mass is 10.1. The average Bonchev–Trinajstić information content (AvgIpc) is 3.11. The molecule has 140 valence electrons. The van der Waals surface area contributed by atoms with Gasteiger partial charge in [0.25, 0.3) is 5.91 Å². The molecule has 0 saturated carbocycles. The number of amides is 1. The van der Waals surface area contributed by atoms with Gasteiger partial charge >= 0.3 is 0 Å². The number of carbonyl (C=O) groups excluding carboxylic acids is 1. The van der Waals surface area contributed by atoms with Crippen molar-refractivity contribution < 1.29 is 4.79 Å². The Labute approximate surface area is 176 Å². The minimum atomic E-state index is -0.136. The van der Waals surface area contributed by atoms with E-state index >= 15 is 0 Å². The molecular weight excluding hydrogens is 463 g/mol. The molecule has 0 spiro atoms. The van der Waals surface area contributed by atoms with Gasteiger partial charge in [-0.2, -0.15) is 4.80 Å². The molecule has 0 aliphatic heterocycles. The van der Waals surface area contributed by atoms with E-state index in [2.05, 4.69) is 57.2 Å². The minimum absolute atomic E-state index is 0.136. The molecular formula is C22H19IN4O. The topological polar surface area (TPSA) is 59.8 Å². The summed E-state index contributed by atoms with van der Waals surface area (Å²) in [5.41, 5.74) is 6.04. The largest absolute Gasteiger partial charge is 0.322 e. The van der Waals surface area contributed by atoms with E-state index in [0.717, 1.165) is 38.0 Å². The maximum Gasteiger partial charge on any atom is 0.255 e. The third kappa shape index (κ3) is 3.77. The van der Waals surface area contributed by atoms with Crippen LogP contribution in [0.4, 0.5) is 5.69 Å². The van der Waals surface area contributed by atoms with Crippen LogP contribution in [-0.2, 0) is 6.42 Å². The summed E-state index contributed by atoms with van der Waals surface area (Å²) in [6.45, 7) is 4.09. The average molecular weight is 482 g/mol. The van der Waals surface area contributed by atoms with Crippen LogP contribution in [0.2, 0.25) is 0 Å². The van der Waals surface area contributed by atoms with Crippen LogP contribution >= 0.6 is 22.6 Å². The first-order valence-corrected chi connectivity index (χ1v) is 10.2. The van der Waals surface area contributed by atoms with E-state index in [1.165, 1.54) is 5.56 Å². The molecule has 1 amide bonds. The molecule has 6 heteroatoms. The smallest absolute Gasteiger partial charge is 0.255 e. The molecule has 0 radical (unpaired) electrons.